The minimum atomic E-state index is -3.90. The van der Waals surface area contributed by atoms with Gasteiger partial charge in [-0.1, -0.05) is 24.4 Å². The molecular formula is C18H22ClNO5S. The van der Waals surface area contributed by atoms with Crippen LogP contribution >= 0.6 is 11.6 Å². The van der Waals surface area contributed by atoms with Crippen LogP contribution in [0, 0.1) is 5.92 Å². The Labute approximate surface area is 158 Å². The van der Waals surface area contributed by atoms with Crippen LogP contribution in [0.1, 0.15) is 38.5 Å². The molecule has 0 aromatic heterocycles. The number of sulfone groups is 1. The van der Waals surface area contributed by atoms with Crippen molar-refractivity contribution >= 4 is 33.3 Å². The van der Waals surface area contributed by atoms with Crippen LogP contribution in [0.3, 0.4) is 0 Å². The molecule has 0 radical (unpaired) electrons. The summed E-state index contributed by atoms with van der Waals surface area (Å²) in [5.41, 5.74) is 0. The van der Waals surface area contributed by atoms with Gasteiger partial charge in [-0.2, -0.15) is 0 Å². The number of carboxylic acid groups (broad SMARTS) is 1. The van der Waals surface area contributed by atoms with Gasteiger partial charge >= 0.3 is 5.97 Å². The molecule has 26 heavy (non-hydrogen) atoms. The summed E-state index contributed by atoms with van der Waals surface area (Å²) in [6.45, 7) is 0.479. The Morgan fingerprint density at radius 3 is 2.31 bits per heavy atom. The molecule has 6 nitrogen and oxygen atoms in total. The van der Waals surface area contributed by atoms with Crippen molar-refractivity contribution in [3.8, 4) is 0 Å². The summed E-state index contributed by atoms with van der Waals surface area (Å²) in [5, 5.41) is 9.69. The number of hydrogen-bond acceptors (Lipinski definition) is 4. The number of hydrogen-bond donors (Lipinski definition) is 1. The van der Waals surface area contributed by atoms with Crippen LogP contribution in [0.15, 0.2) is 29.2 Å². The third-order valence-corrected chi connectivity index (χ3v) is 8.25. The van der Waals surface area contributed by atoms with E-state index in [0.717, 1.165) is 0 Å². The van der Waals surface area contributed by atoms with Crippen LogP contribution in [-0.2, 0) is 19.4 Å². The standard InChI is InChI=1S/C18H22ClNO5S/c19-14-5-7-15(8-6-14)26(24,25)18(9-1-2-10-18)17(23)20-11-3-4-13(12-20)16(21)22/h5-8,13H,1-4,9-12H2,(H,21,22). The summed E-state index contributed by atoms with van der Waals surface area (Å²) in [6.07, 6.45) is 2.94. The topological polar surface area (TPSA) is 91.8 Å². The Morgan fingerprint density at radius 2 is 1.73 bits per heavy atom. The maximum absolute atomic E-state index is 13.4. The zero-order chi connectivity index (χ0) is 18.9. The van der Waals surface area contributed by atoms with E-state index in [0.29, 0.717) is 37.3 Å². The van der Waals surface area contributed by atoms with Crippen LogP contribution in [0.25, 0.3) is 0 Å². The number of rotatable bonds is 4. The highest BCUT2D eigenvalue weighted by atomic mass is 35.5. The van der Waals surface area contributed by atoms with Crippen LogP contribution in [0.4, 0.5) is 0 Å². The van der Waals surface area contributed by atoms with Crippen molar-refractivity contribution in [2.75, 3.05) is 13.1 Å². The molecule has 1 saturated carbocycles. The second kappa shape index (κ2) is 7.19. The first-order valence-electron chi connectivity index (χ1n) is 8.80. The van der Waals surface area contributed by atoms with Crippen LogP contribution in [0.5, 0.6) is 0 Å². The van der Waals surface area contributed by atoms with Crippen LogP contribution < -0.4 is 0 Å². The van der Waals surface area contributed by atoms with Gasteiger partial charge in [0.15, 0.2) is 14.6 Å². The molecular weight excluding hydrogens is 378 g/mol. The average molecular weight is 400 g/mol. The normalized spacial score (nSPS) is 23.0. The summed E-state index contributed by atoms with van der Waals surface area (Å²) in [7, 11) is -3.90. The molecule has 1 unspecified atom stereocenters. The first-order chi connectivity index (χ1) is 12.3. The third-order valence-electron chi connectivity index (χ3n) is 5.50. The summed E-state index contributed by atoms with van der Waals surface area (Å²) < 4.78 is 25.2. The van der Waals surface area contributed by atoms with Gasteiger partial charge in [0.1, 0.15) is 0 Å². The highest BCUT2D eigenvalue weighted by Crippen LogP contribution is 2.42. The average Bonchev–Trinajstić information content (AvgIpc) is 3.13. The quantitative estimate of drug-likeness (QED) is 0.840. The molecule has 1 aliphatic heterocycles. The number of benzene rings is 1. The van der Waals surface area contributed by atoms with Crippen molar-refractivity contribution in [1.82, 2.24) is 4.90 Å². The van der Waals surface area contributed by atoms with Crippen molar-refractivity contribution in [3.05, 3.63) is 29.3 Å². The monoisotopic (exact) mass is 399 g/mol. The minimum Gasteiger partial charge on any atom is -0.481 e. The predicted octanol–water partition coefficient (Wildman–Crippen LogP) is 2.75. The number of aliphatic carboxylic acids is 1. The number of carboxylic acids is 1. The molecule has 1 N–H and O–H groups in total. The first-order valence-corrected chi connectivity index (χ1v) is 10.7. The van der Waals surface area contributed by atoms with Crippen LogP contribution in [-0.4, -0.2) is 48.1 Å². The number of nitrogens with zero attached hydrogens (tertiary/aromatic N) is 1. The maximum atomic E-state index is 13.4. The number of halogens is 1. The van der Waals surface area contributed by atoms with Gasteiger partial charge in [0.05, 0.1) is 10.8 Å². The Morgan fingerprint density at radius 1 is 1.12 bits per heavy atom. The first kappa shape index (κ1) is 19.2. The van der Waals surface area contributed by atoms with E-state index < -0.39 is 32.4 Å². The fourth-order valence-electron chi connectivity index (χ4n) is 4.03. The lowest BCUT2D eigenvalue weighted by molar-refractivity contribution is -0.146. The van der Waals surface area contributed by atoms with Gasteiger partial charge in [-0.05, 0) is 49.9 Å². The van der Waals surface area contributed by atoms with Gasteiger partial charge in [-0.3, -0.25) is 9.59 Å². The maximum Gasteiger partial charge on any atom is 0.308 e. The molecule has 1 heterocycles. The lowest BCUT2D eigenvalue weighted by Gasteiger charge is -2.37. The van der Waals surface area contributed by atoms with Gasteiger partial charge < -0.3 is 10.0 Å². The number of amides is 1. The molecule has 1 atom stereocenters. The molecule has 1 aliphatic carbocycles. The highest BCUT2D eigenvalue weighted by molar-refractivity contribution is 7.93. The SMILES string of the molecule is O=C(O)C1CCCN(C(=O)C2(S(=O)(=O)c3ccc(Cl)cc3)CCCC2)C1. The number of carbonyl (C=O) groups excluding carboxylic acids is 1. The van der Waals surface area contributed by atoms with Crippen LogP contribution in [0.2, 0.25) is 5.02 Å². The zero-order valence-corrected chi connectivity index (χ0v) is 15.9. The van der Waals surface area contributed by atoms with Gasteiger partial charge in [0.2, 0.25) is 5.91 Å². The lowest BCUT2D eigenvalue weighted by Crippen LogP contribution is -2.55. The van der Waals surface area contributed by atoms with Crippen molar-refractivity contribution in [2.45, 2.75) is 48.2 Å². The Kier molecular flexibility index (Phi) is 5.30. The largest absolute Gasteiger partial charge is 0.481 e. The highest BCUT2D eigenvalue weighted by Gasteiger charge is 2.54. The molecule has 3 rings (SSSR count). The number of carbonyl (C=O) groups is 2. The Hall–Kier alpha value is -1.60. The fraction of sp³-hybridized carbons (Fsp3) is 0.556. The second-order valence-corrected chi connectivity index (χ2v) is 9.78. The zero-order valence-electron chi connectivity index (χ0n) is 14.4. The van der Waals surface area contributed by atoms with Gasteiger partial charge in [0, 0.05) is 18.1 Å². The predicted molar refractivity (Wildman–Crippen MR) is 96.8 cm³/mol. The van der Waals surface area contributed by atoms with E-state index in [-0.39, 0.29) is 24.3 Å². The molecule has 0 spiro atoms. The van der Waals surface area contributed by atoms with E-state index in [9.17, 15) is 23.1 Å². The molecule has 1 amide bonds. The van der Waals surface area contributed by atoms with E-state index in [1.165, 1.54) is 29.2 Å². The smallest absolute Gasteiger partial charge is 0.308 e. The summed E-state index contributed by atoms with van der Waals surface area (Å²) in [5.74, 6) is -2.02. The van der Waals surface area contributed by atoms with E-state index in [4.69, 9.17) is 11.6 Å². The number of likely N-dealkylation sites (tertiary alicyclic amines) is 1. The van der Waals surface area contributed by atoms with E-state index in [1.54, 1.807) is 0 Å². The summed E-state index contributed by atoms with van der Waals surface area (Å²) in [6, 6.07) is 5.87. The Balaban J connectivity index is 1.96. The van der Waals surface area contributed by atoms with Crippen molar-refractivity contribution in [1.29, 1.82) is 0 Å². The number of piperidine rings is 1. The minimum absolute atomic E-state index is 0.0755. The molecule has 1 aromatic carbocycles. The molecule has 8 heteroatoms. The van der Waals surface area contributed by atoms with E-state index >= 15 is 0 Å². The molecule has 142 valence electrons. The van der Waals surface area contributed by atoms with Gasteiger partial charge in [-0.15, -0.1) is 0 Å². The van der Waals surface area contributed by atoms with Crippen molar-refractivity contribution in [3.63, 3.8) is 0 Å². The van der Waals surface area contributed by atoms with E-state index in [2.05, 4.69) is 0 Å². The summed E-state index contributed by atoms with van der Waals surface area (Å²) in [4.78, 5) is 26.1. The fourth-order valence-corrected chi connectivity index (χ4v) is 6.29. The summed E-state index contributed by atoms with van der Waals surface area (Å²) >= 11 is 5.86. The molecule has 2 aliphatic rings. The van der Waals surface area contributed by atoms with Crippen molar-refractivity contribution in [2.24, 2.45) is 5.92 Å². The third kappa shape index (κ3) is 3.22. The lowest BCUT2D eigenvalue weighted by atomic mass is 9.96. The molecule has 1 aromatic rings. The second-order valence-electron chi connectivity index (χ2n) is 7.09. The van der Waals surface area contributed by atoms with Gasteiger partial charge in [0.25, 0.3) is 0 Å². The van der Waals surface area contributed by atoms with E-state index in [1.807, 2.05) is 0 Å². The molecule has 2 fully saturated rings. The van der Waals surface area contributed by atoms with Crippen molar-refractivity contribution < 1.29 is 23.1 Å². The Bertz CT molecular complexity index is 799. The van der Waals surface area contributed by atoms with Gasteiger partial charge in [-0.25, -0.2) is 8.42 Å². The molecule has 0 bridgehead atoms. The molecule has 1 saturated heterocycles.